The molecule has 6 nitrogen and oxygen atoms in total. The van der Waals surface area contributed by atoms with Crippen LogP contribution < -0.4 is 16.4 Å². The van der Waals surface area contributed by atoms with E-state index in [2.05, 4.69) is 15.6 Å². The van der Waals surface area contributed by atoms with Crippen LogP contribution in [0.25, 0.3) is 10.9 Å². The molecule has 6 heteroatoms. The van der Waals surface area contributed by atoms with Crippen LogP contribution in [-0.4, -0.2) is 29.9 Å². The van der Waals surface area contributed by atoms with Gasteiger partial charge in [0, 0.05) is 24.4 Å². The molecule has 1 aromatic heterocycles. The van der Waals surface area contributed by atoms with Crippen molar-refractivity contribution in [3.8, 4) is 0 Å². The molecule has 1 aromatic carbocycles. The van der Waals surface area contributed by atoms with Crippen LogP contribution in [-0.2, 0) is 4.79 Å². The van der Waals surface area contributed by atoms with Crippen molar-refractivity contribution in [3.05, 3.63) is 30.0 Å². The molecule has 0 atom stereocenters. The summed E-state index contributed by atoms with van der Waals surface area (Å²) < 4.78 is 0. The number of H-pyrrole nitrogens is 1. The summed E-state index contributed by atoms with van der Waals surface area (Å²) in [6.07, 6.45) is 1.96. The molecule has 0 saturated heterocycles. The highest BCUT2D eigenvalue weighted by atomic mass is 16.2. The number of aromatic nitrogens is 1. The smallest absolute Gasteiger partial charge is 0.267 e. The van der Waals surface area contributed by atoms with Gasteiger partial charge < -0.3 is 21.4 Å². The molecule has 0 spiro atoms. The number of carbonyl (C=O) groups excluding carboxylic acids is 2. The van der Waals surface area contributed by atoms with Crippen LogP contribution in [0.5, 0.6) is 0 Å². The van der Waals surface area contributed by atoms with E-state index in [1.54, 1.807) is 12.1 Å². The molecule has 1 aliphatic rings. The molecule has 1 fully saturated rings. The van der Waals surface area contributed by atoms with Crippen LogP contribution in [0.4, 0.5) is 5.69 Å². The Morgan fingerprint density at radius 2 is 2.00 bits per heavy atom. The van der Waals surface area contributed by atoms with Gasteiger partial charge in [-0.25, -0.2) is 0 Å². The van der Waals surface area contributed by atoms with E-state index >= 15 is 0 Å². The Balaban J connectivity index is 1.54. The Labute approximate surface area is 122 Å². The molecule has 21 heavy (non-hydrogen) atoms. The highest BCUT2D eigenvalue weighted by Crippen LogP contribution is 2.28. The lowest BCUT2D eigenvalue weighted by molar-refractivity contribution is -0.122. The average Bonchev–Trinajstić information content (AvgIpc) is 3.22. The predicted octanol–water partition coefficient (Wildman–Crippen LogP) is 1.01. The first-order chi connectivity index (χ1) is 10.1. The van der Waals surface area contributed by atoms with Crippen molar-refractivity contribution in [2.24, 2.45) is 5.92 Å². The topological polar surface area (TPSA) is 100 Å². The average molecular weight is 286 g/mol. The van der Waals surface area contributed by atoms with Crippen molar-refractivity contribution >= 4 is 28.4 Å². The predicted molar refractivity (Wildman–Crippen MR) is 80.8 cm³/mol. The first kappa shape index (κ1) is 13.5. The summed E-state index contributed by atoms with van der Waals surface area (Å²) >= 11 is 0. The third kappa shape index (κ3) is 2.99. The third-order valence-electron chi connectivity index (χ3n) is 3.59. The van der Waals surface area contributed by atoms with Crippen LogP contribution in [0, 0.1) is 5.92 Å². The molecule has 0 bridgehead atoms. The maximum absolute atomic E-state index is 12.0. The third-order valence-corrected chi connectivity index (χ3v) is 3.59. The molecular weight excluding hydrogens is 268 g/mol. The number of nitrogen functional groups attached to an aromatic ring is 1. The lowest BCUT2D eigenvalue weighted by Crippen LogP contribution is -2.35. The number of aromatic amines is 1. The zero-order valence-corrected chi connectivity index (χ0v) is 11.6. The van der Waals surface area contributed by atoms with Crippen LogP contribution >= 0.6 is 0 Å². The SMILES string of the molecule is Nc1cccc2cc(C(=O)NCCNC(=O)C3CC3)[nH]c12. The van der Waals surface area contributed by atoms with Gasteiger partial charge in [-0.1, -0.05) is 12.1 Å². The van der Waals surface area contributed by atoms with E-state index < -0.39 is 0 Å². The number of anilines is 1. The number of fused-ring (bicyclic) bond motifs is 1. The summed E-state index contributed by atoms with van der Waals surface area (Å²) in [7, 11) is 0. The highest BCUT2D eigenvalue weighted by molar-refractivity contribution is 6.00. The van der Waals surface area contributed by atoms with Crippen molar-refractivity contribution in [2.45, 2.75) is 12.8 Å². The molecule has 1 saturated carbocycles. The standard InChI is InChI=1S/C15H18N4O2/c16-11-3-1-2-10-8-12(19-13(10)11)15(21)18-7-6-17-14(20)9-4-5-9/h1-3,8-9,19H,4-7,16H2,(H,17,20)(H,18,21). The number of nitrogens with one attached hydrogen (secondary N) is 3. The number of amides is 2. The van der Waals surface area contributed by atoms with E-state index in [-0.39, 0.29) is 17.7 Å². The number of hydrogen-bond donors (Lipinski definition) is 4. The normalized spacial score (nSPS) is 14.1. The summed E-state index contributed by atoms with van der Waals surface area (Å²) in [4.78, 5) is 26.5. The van der Waals surface area contributed by atoms with Gasteiger partial charge in [-0.05, 0) is 25.0 Å². The van der Waals surface area contributed by atoms with Gasteiger partial charge in [0.25, 0.3) is 5.91 Å². The molecule has 1 heterocycles. The van der Waals surface area contributed by atoms with E-state index in [1.165, 1.54) is 0 Å². The lowest BCUT2D eigenvalue weighted by Gasteiger charge is -2.05. The molecule has 0 aliphatic heterocycles. The number of benzene rings is 1. The van der Waals surface area contributed by atoms with Crippen LogP contribution in [0.1, 0.15) is 23.3 Å². The second kappa shape index (κ2) is 5.47. The fourth-order valence-electron chi connectivity index (χ4n) is 2.25. The fourth-order valence-corrected chi connectivity index (χ4v) is 2.25. The Morgan fingerprint density at radius 3 is 2.71 bits per heavy atom. The van der Waals surface area contributed by atoms with Crippen molar-refractivity contribution < 1.29 is 9.59 Å². The second-order valence-corrected chi connectivity index (χ2v) is 5.32. The van der Waals surface area contributed by atoms with Gasteiger partial charge in [0.05, 0.1) is 11.2 Å². The Bertz CT molecular complexity index is 688. The minimum Gasteiger partial charge on any atom is -0.397 e. The van der Waals surface area contributed by atoms with Gasteiger partial charge in [0.1, 0.15) is 5.69 Å². The zero-order valence-electron chi connectivity index (χ0n) is 11.6. The van der Waals surface area contributed by atoms with Crippen LogP contribution in [0.3, 0.4) is 0 Å². The molecule has 2 aromatic rings. The quantitative estimate of drug-likeness (QED) is 0.487. The van der Waals surface area contributed by atoms with Crippen molar-refractivity contribution in [1.82, 2.24) is 15.6 Å². The van der Waals surface area contributed by atoms with Gasteiger partial charge in [-0.3, -0.25) is 9.59 Å². The Hall–Kier alpha value is -2.50. The van der Waals surface area contributed by atoms with Gasteiger partial charge in [0.15, 0.2) is 0 Å². The second-order valence-electron chi connectivity index (χ2n) is 5.32. The number of nitrogens with two attached hydrogens (primary N) is 1. The van der Waals surface area contributed by atoms with E-state index in [1.807, 2.05) is 12.1 Å². The van der Waals surface area contributed by atoms with Crippen LogP contribution in [0.15, 0.2) is 24.3 Å². The van der Waals surface area contributed by atoms with Crippen LogP contribution in [0.2, 0.25) is 0 Å². The van der Waals surface area contributed by atoms with E-state index in [0.717, 1.165) is 23.7 Å². The van der Waals surface area contributed by atoms with Gasteiger partial charge in [-0.15, -0.1) is 0 Å². The molecule has 2 amide bonds. The summed E-state index contributed by atoms with van der Waals surface area (Å²) in [5.74, 6) is 0.0753. The number of rotatable bonds is 5. The van der Waals surface area contributed by atoms with Gasteiger partial charge >= 0.3 is 0 Å². The number of para-hydroxylation sites is 1. The molecule has 0 unspecified atom stereocenters. The fraction of sp³-hybridized carbons (Fsp3) is 0.333. The summed E-state index contributed by atoms with van der Waals surface area (Å²) in [5, 5.41) is 6.48. The lowest BCUT2D eigenvalue weighted by atomic mass is 10.2. The molecule has 5 N–H and O–H groups in total. The molecule has 1 aliphatic carbocycles. The summed E-state index contributed by atoms with van der Waals surface area (Å²) in [6, 6.07) is 7.30. The molecule has 3 rings (SSSR count). The Kier molecular flexibility index (Phi) is 3.51. The van der Waals surface area contributed by atoms with E-state index in [9.17, 15) is 9.59 Å². The van der Waals surface area contributed by atoms with Crippen molar-refractivity contribution in [2.75, 3.05) is 18.8 Å². The molecular formula is C15H18N4O2. The first-order valence-corrected chi connectivity index (χ1v) is 7.08. The molecule has 0 radical (unpaired) electrons. The largest absolute Gasteiger partial charge is 0.397 e. The summed E-state index contributed by atoms with van der Waals surface area (Å²) in [6.45, 7) is 0.853. The maximum atomic E-state index is 12.0. The highest BCUT2D eigenvalue weighted by Gasteiger charge is 2.28. The van der Waals surface area contributed by atoms with Crippen molar-refractivity contribution in [1.29, 1.82) is 0 Å². The van der Waals surface area contributed by atoms with Gasteiger partial charge in [0.2, 0.25) is 5.91 Å². The maximum Gasteiger partial charge on any atom is 0.267 e. The van der Waals surface area contributed by atoms with Crippen molar-refractivity contribution in [3.63, 3.8) is 0 Å². The molecule has 110 valence electrons. The van der Waals surface area contributed by atoms with E-state index in [4.69, 9.17) is 5.73 Å². The van der Waals surface area contributed by atoms with E-state index in [0.29, 0.717) is 24.5 Å². The monoisotopic (exact) mass is 286 g/mol. The number of hydrogen-bond acceptors (Lipinski definition) is 3. The van der Waals surface area contributed by atoms with Gasteiger partial charge in [-0.2, -0.15) is 0 Å². The zero-order chi connectivity index (χ0) is 14.8. The Morgan fingerprint density at radius 1 is 1.24 bits per heavy atom. The first-order valence-electron chi connectivity index (χ1n) is 7.08. The minimum atomic E-state index is -0.203. The summed E-state index contributed by atoms with van der Waals surface area (Å²) in [5.41, 5.74) is 7.70. The minimum absolute atomic E-state index is 0.0858. The number of carbonyl (C=O) groups is 2.